The fraction of sp³-hybridized carbons (Fsp3) is 0.650. The van der Waals surface area contributed by atoms with Crippen molar-refractivity contribution in [2.24, 2.45) is 5.92 Å². The summed E-state index contributed by atoms with van der Waals surface area (Å²) in [6.07, 6.45) is 7.80. The minimum absolute atomic E-state index is 0. The van der Waals surface area contributed by atoms with Crippen LogP contribution in [-0.4, -0.2) is 32.2 Å². The number of nitrogens with one attached hydrogen (secondary N) is 2. The molecular weight excluding hydrogens is 352 g/mol. The van der Waals surface area contributed by atoms with Crippen molar-refractivity contribution in [3.8, 4) is 11.5 Å². The van der Waals surface area contributed by atoms with Crippen LogP contribution in [0.25, 0.3) is 0 Å². The topological polar surface area (TPSA) is 59.6 Å². The standard InChI is InChI=1S/C20H30N2O3.ClH/c1-24-19-12-16(6-8-18(19)25-17-4-2-3-5-17)14-22-20(23)9-7-15-10-11-21-13-15;/h6,8,12,15,17,21H,2-5,7,9-11,13-14H2,1H3,(H,22,23);1H. The molecule has 1 unspecified atom stereocenters. The van der Waals surface area contributed by atoms with Crippen molar-refractivity contribution in [1.82, 2.24) is 10.6 Å². The second-order valence-electron chi connectivity index (χ2n) is 7.18. The zero-order valence-electron chi connectivity index (χ0n) is 15.6. The van der Waals surface area contributed by atoms with Crippen molar-refractivity contribution in [2.45, 2.75) is 57.6 Å². The number of carbonyl (C=O) groups is 1. The molecule has 1 aromatic carbocycles. The molecule has 26 heavy (non-hydrogen) atoms. The molecule has 146 valence electrons. The third-order valence-electron chi connectivity index (χ3n) is 5.26. The van der Waals surface area contributed by atoms with E-state index >= 15 is 0 Å². The Morgan fingerprint density at radius 3 is 2.73 bits per heavy atom. The predicted octanol–water partition coefficient (Wildman–Crippen LogP) is 3.44. The highest BCUT2D eigenvalue weighted by molar-refractivity contribution is 5.85. The van der Waals surface area contributed by atoms with Crippen molar-refractivity contribution >= 4 is 18.3 Å². The summed E-state index contributed by atoms with van der Waals surface area (Å²) in [4.78, 5) is 12.0. The van der Waals surface area contributed by atoms with E-state index in [-0.39, 0.29) is 18.3 Å². The van der Waals surface area contributed by atoms with E-state index in [1.165, 1.54) is 19.3 Å². The van der Waals surface area contributed by atoms with Gasteiger partial charge in [0, 0.05) is 13.0 Å². The highest BCUT2D eigenvalue weighted by Gasteiger charge is 2.19. The van der Waals surface area contributed by atoms with Crippen LogP contribution in [0.4, 0.5) is 0 Å². The maximum absolute atomic E-state index is 12.0. The Balaban J connectivity index is 0.00000243. The van der Waals surface area contributed by atoms with Gasteiger partial charge in [0.2, 0.25) is 5.91 Å². The lowest BCUT2D eigenvalue weighted by atomic mass is 10.0. The number of halogens is 1. The van der Waals surface area contributed by atoms with Gasteiger partial charge in [-0.15, -0.1) is 12.4 Å². The normalized spacial score (nSPS) is 19.8. The lowest BCUT2D eigenvalue weighted by Crippen LogP contribution is -2.23. The molecule has 1 heterocycles. The fourth-order valence-corrected chi connectivity index (χ4v) is 3.69. The van der Waals surface area contributed by atoms with Crippen LogP contribution in [0.5, 0.6) is 11.5 Å². The van der Waals surface area contributed by atoms with Gasteiger partial charge in [-0.05, 0) is 75.2 Å². The third kappa shape index (κ3) is 6.06. The third-order valence-corrected chi connectivity index (χ3v) is 5.26. The van der Waals surface area contributed by atoms with Crippen LogP contribution in [-0.2, 0) is 11.3 Å². The number of hydrogen-bond acceptors (Lipinski definition) is 4. The Morgan fingerprint density at radius 1 is 1.23 bits per heavy atom. The Kier molecular flexibility index (Phi) is 8.52. The maximum atomic E-state index is 12.0. The zero-order chi connectivity index (χ0) is 17.5. The van der Waals surface area contributed by atoms with Crippen LogP contribution < -0.4 is 20.1 Å². The first-order valence-electron chi connectivity index (χ1n) is 9.55. The molecule has 2 N–H and O–H groups in total. The van der Waals surface area contributed by atoms with Gasteiger partial charge in [0.25, 0.3) is 0 Å². The van der Waals surface area contributed by atoms with Gasteiger partial charge in [-0.3, -0.25) is 4.79 Å². The summed E-state index contributed by atoms with van der Waals surface area (Å²) in [5.74, 6) is 2.32. The van der Waals surface area contributed by atoms with E-state index < -0.39 is 0 Å². The maximum Gasteiger partial charge on any atom is 0.220 e. The van der Waals surface area contributed by atoms with E-state index in [1.54, 1.807) is 7.11 Å². The molecule has 1 aliphatic heterocycles. The smallest absolute Gasteiger partial charge is 0.220 e. The van der Waals surface area contributed by atoms with E-state index in [0.717, 1.165) is 49.4 Å². The van der Waals surface area contributed by atoms with Crippen LogP contribution in [0.15, 0.2) is 18.2 Å². The molecule has 1 atom stereocenters. The first kappa shape index (κ1) is 20.8. The summed E-state index contributed by atoms with van der Waals surface area (Å²) in [7, 11) is 1.66. The molecule has 0 aromatic heterocycles. The number of hydrogen-bond donors (Lipinski definition) is 2. The van der Waals surface area contributed by atoms with Gasteiger partial charge in [-0.25, -0.2) is 0 Å². The lowest BCUT2D eigenvalue weighted by molar-refractivity contribution is -0.121. The van der Waals surface area contributed by atoms with Gasteiger partial charge in [0.05, 0.1) is 13.2 Å². The van der Waals surface area contributed by atoms with Crippen LogP contribution in [0.3, 0.4) is 0 Å². The Morgan fingerprint density at radius 2 is 2.04 bits per heavy atom. The number of methoxy groups -OCH3 is 1. The molecule has 0 spiro atoms. The van der Waals surface area contributed by atoms with E-state index in [0.29, 0.717) is 25.0 Å². The number of ether oxygens (including phenoxy) is 2. The van der Waals surface area contributed by atoms with Gasteiger partial charge >= 0.3 is 0 Å². The van der Waals surface area contributed by atoms with Crippen LogP contribution in [0, 0.1) is 5.92 Å². The quantitative estimate of drug-likeness (QED) is 0.723. The molecule has 0 radical (unpaired) electrons. The summed E-state index contributed by atoms with van der Waals surface area (Å²) in [5.41, 5.74) is 1.03. The summed E-state index contributed by atoms with van der Waals surface area (Å²) in [6.45, 7) is 2.66. The molecule has 5 nitrogen and oxygen atoms in total. The van der Waals surface area contributed by atoms with Gasteiger partial charge < -0.3 is 20.1 Å². The molecule has 1 amide bonds. The van der Waals surface area contributed by atoms with E-state index in [4.69, 9.17) is 9.47 Å². The highest BCUT2D eigenvalue weighted by atomic mass is 35.5. The predicted molar refractivity (Wildman–Crippen MR) is 105 cm³/mol. The molecular formula is C20H31ClN2O3. The monoisotopic (exact) mass is 382 g/mol. The van der Waals surface area contributed by atoms with Crippen molar-refractivity contribution in [3.05, 3.63) is 23.8 Å². The summed E-state index contributed by atoms with van der Waals surface area (Å²) in [5, 5.41) is 6.35. The van der Waals surface area contributed by atoms with Crippen molar-refractivity contribution in [1.29, 1.82) is 0 Å². The summed E-state index contributed by atoms with van der Waals surface area (Å²) >= 11 is 0. The van der Waals surface area contributed by atoms with Gasteiger partial charge in [0.15, 0.2) is 11.5 Å². The molecule has 1 saturated carbocycles. The molecule has 1 saturated heterocycles. The van der Waals surface area contributed by atoms with E-state index in [1.807, 2.05) is 18.2 Å². The van der Waals surface area contributed by atoms with Crippen LogP contribution >= 0.6 is 12.4 Å². The average molecular weight is 383 g/mol. The van der Waals surface area contributed by atoms with Crippen molar-refractivity contribution in [3.63, 3.8) is 0 Å². The van der Waals surface area contributed by atoms with E-state index in [2.05, 4.69) is 10.6 Å². The van der Waals surface area contributed by atoms with Crippen LogP contribution in [0.2, 0.25) is 0 Å². The number of benzene rings is 1. The minimum Gasteiger partial charge on any atom is -0.493 e. The lowest BCUT2D eigenvalue weighted by Gasteiger charge is -2.17. The van der Waals surface area contributed by atoms with Crippen molar-refractivity contribution < 1.29 is 14.3 Å². The second kappa shape index (κ2) is 10.6. The van der Waals surface area contributed by atoms with Gasteiger partial charge in [-0.1, -0.05) is 6.07 Å². The molecule has 3 rings (SSSR count). The first-order valence-corrected chi connectivity index (χ1v) is 9.55. The molecule has 1 aliphatic carbocycles. The van der Waals surface area contributed by atoms with Crippen LogP contribution in [0.1, 0.15) is 50.5 Å². The number of carbonyl (C=O) groups excluding carboxylic acids is 1. The number of amides is 1. The second-order valence-corrected chi connectivity index (χ2v) is 7.18. The molecule has 1 aromatic rings. The molecule has 2 aliphatic rings. The molecule has 6 heteroatoms. The SMILES string of the molecule is COc1cc(CNC(=O)CCC2CCNC2)ccc1OC1CCCC1.Cl. The van der Waals surface area contributed by atoms with Gasteiger partial charge in [-0.2, -0.15) is 0 Å². The largest absolute Gasteiger partial charge is 0.493 e. The Labute approximate surface area is 162 Å². The Bertz CT molecular complexity index is 570. The van der Waals surface area contributed by atoms with Crippen molar-refractivity contribution in [2.75, 3.05) is 20.2 Å². The Hall–Kier alpha value is -1.46. The molecule has 0 bridgehead atoms. The van der Waals surface area contributed by atoms with E-state index in [9.17, 15) is 4.79 Å². The van der Waals surface area contributed by atoms with Gasteiger partial charge in [0.1, 0.15) is 0 Å². The minimum atomic E-state index is 0. The zero-order valence-corrected chi connectivity index (χ0v) is 16.4. The highest BCUT2D eigenvalue weighted by Crippen LogP contribution is 2.32. The fourth-order valence-electron chi connectivity index (χ4n) is 3.69. The summed E-state index contributed by atoms with van der Waals surface area (Å²) < 4.78 is 11.5. The first-order chi connectivity index (χ1) is 12.2. The number of rotatable bonds is 8. The molecule has 2 fully saturated rings. The average Bonchev–Trinajstić information content (AvgIpc) is 3.33. The summed E-state index contributed by atoms with van der Waals surface area (Å²) in [6, 6.07) is 5.93.